The van der Waals surface area contributed by atoms with Gasteiger partial charge in [0.15, 0.2) is 0 Å². The number of carbonyl (C=O) groups is 4. The molecule has 0 aromatic heterocycles. The monoisotopic (exact) mass is 647 g/mol. The number of hydrogen-bond donors (Lipinski definition) is 2. The second kappa shape index (κ2) is 19.0. The number of benzene rings is 2. The topological polar surface area (TPSA) is 111 Å². The van der Waals surface area contributed by atoms with Crippen LogP contribution in [0.2, 0.25) is 0 Å². The summed E-state index contributed by atoms with van der Waals surface area (Å²) in [5.41, 5.74) is 1.24. The minimum absolute atomic E-state index is 0.169. The summed E-state index contributed by atoms with van der Waals surface area (Å²) in [5, 5.41) is 5.80. The lowest BCUT2D eigenvalue weighted by atomic mass is 10.0. The zero-order valence-electron chi connectivity index (χ0n) is 28.3. The lowest BCUT2D eigenvalue weighted by molar-refractivity contribution is -0.138. The number of carbonyl (C=O) groups excluding carboxylic acids is 4. The number of fused-ring (bicyclic) bond motifs is 1. The molecule has 10 nitrogen and oxygen atoms in total. The third-order valence-corrected chi connectivity index (χ3v) is 9.13. The maximum absolute atomic E-state index is 13.8. The molecule has 0 bridgehead atoms. The van der Waals surface area contributed by atoms with Gasteiger partial charge < -0.3 is 30.1 Å². The molecule has 1 saturated heterocycles. The standard InChI is InChI=1S/C37H53N5O5/c1-40-22-24-42(25-23-40)37(46)32-28-34(43)38-31(27-29-17-11-10-12-18-29)36(45)41(2)21-15-8-6-4-3-5-7-9-16-26-47-33-20-14-13-19-30(33)35(44)39-32/h10-14,17-20,31-32H,3-9,15-16,21-28H2,1-2H3,(H,38,43)(H,39,44)/t31-,32-/m0/s1. The first-order valence-electron chi connectivity index (χ1n) is 17.4. The molecule has 2 atom stereocenters. The number of rotatable bonds is 3. The van der Waals surface area contributed by atoms with Crippen molar-refractivity contribution in [3.63, 3.8) is 0 Å². The molecule has 2 heterocycles. The molecular weight excluding hydrogens is 594 g/mol. The highest BCUT2D eigenvalue weighted by Crippen LogP contribution is 2.20. The maximum atomic E-state index is 13.8. The van der Waals surface area contributed by atoms with Crippen molar-refractivity contribution in [1.29, 1.82) is 0 Å². The molecule has 2 aromatic carbocycles. The largest absolute Gasteiger partial charge is 0.493 e. The Labute approximate surface area is 280 Å². The van der Waals surface area contributed by atoms with Crippen molar-refractivity contribution in [2.75, 3.05) is 53.4 Å². The number of nitrogens with one attached hydrogen (secondary N) is 2. The molecule has 0 aliphatic carbocycles. The predicted octanol–water partition coefficient (Wildman–Crippen LogP) is 4.04. The molecule has 47 heavy (non-hydrogen) atoms. The van der Waals surface area contributed by atoms with Crippen molar-refractivity contribution >= 4 is 23.6 Å². The van der Waals surface area contributed by atoms with Gasteiger partial charge in [-0.1, -0.05) is 87.4 Å². The fourth-order valence-electron chi connectivity index (χ4n) is 6.20. The van der Waals surface area contributed by atoms with Gasteiger partial charge in [0.25, 0.3) is 5.91 Å². The van der Waals surface area contributed by atoms with E-state index in [0.717, 1.165) is 44.1 Å². The summed E-state index contributed by atoms with van der Waals surface area (Å²) in [7, 11) is 3.79. The van der Waals surface area contributed by atoms with E-state index in [4.69, 9.17) is 4.74 Å². The minimum atomic E-state index is -1.11. The van der Waals surface area contributed by atoms with Gasteiger partial charge in [0.2, 0.25) is 17.7 Å². The van der Waals surface area contributed by atoms with Gasteiger partial charge in [0, 0.05) is 46.2 Å². The van der Waals surface area contributed by atoms with E-state index in [1.807, 2.05) is 43.4 Å². The Kier molecular flexibility index (Phi) is 14.5. The van der Waals surface area contributed by atoms with Gasteiger partial charge >= 0.3 is 0 Å². The fraction of sp³-hybridized carbons (Fsp3) is 0.568. The zero-order valence-corrected chi connectivity index (χ0v) is 28.3. The SMILES string of the molecule is CN1CCN(C(=O)[C@@H]2CC(=O)N[C@@H](Cc3ccccc3)C(=O)N(C)CCCCCCCCCCCOc3ccccc3C(=O)N2)CC1. The molecule has 2 aromatic rings. The number of nitrogens with zero attached hydrogens (tertiary/aromatic N) is 3. The van der Waals surface area contributed by atoms with Gasteiger partial charge in [-0.15, -0.1) is 0 Å². The van der Waals surface area contributed by atoms with Gasteiger partial charge in [-0.3, -0.25) is 19.2 Å². The first-order chi connectivity index (χ1) is 22.8. The molecular formula is C37H53N5O5. The number of piperazine rings is 1. The summed E-state index contributed by atoms with van der Waals surface area (Å²) in [6.45, 7) is 3.52. The summed E-state index contributed by atoms with van der Waals surface area (Å²) in [6, 6.07) is 14.7. The van der Waals surface area contributed by atoms with Crippen molar-refractivity contribution in [2.24, 2.45) is 0 Å². The van der Waals surface area contributed by atoms with Crippen LogP contribution in [0.4, 0.5) is 0 Å². The van der Waals surface area contributed by atoms with E-state index in [2.05, 4.69) is 15.5 Å². The van der Waals surface area contributed by atoms with Crippen LogP contribution in [0, 0.1) is 0 Å². The Bertz CT molecular complexity index is 1300. The summed E-state index contributed by atoms with van der Waals surface area (Å²) < 4.78 is 6.04. The van der Waals surface area contributed by atoms with Crippen molar-refractivity contribution in [3.05, 3.63) is 65.7 Å². The molecule has 10 heteroatoms. The van der Waals surface area contributed by atoms with Crippen molar-refractivity contribution in [2.45, 2.75) is 82.7 Å². The summed E-state index contributed by atoms with van der Waals surface area (Å²) in [4.78, 5) is 60.5. The van der Waals surface area contributed by atoms with E-state index in [9.17, 15) is 19.2 Å². The van der Waals surface area contributed by atoms with Crippen LogP contribution >= 0.6 is 0 Å². The molecule has 2 N–H and O–H groups in total. The molecule has 4 amide bonds. The third-order valence-electron chi connectivity index (χ3n) is 9.13. The normalized spacial score (nSPS) is 22.4. The average molecular weight is 648 g/mol. The lowest BCUT2D eigenvalue weighted by Crippen LogP contribution is -2.56. The van der Waals surface area contributed by atoms with E-state index in [0.29, 0.717) is 57.1 Å². The lowest BCUT2D eigenvalue weighted by Gasteiger charge is -2.35. The molecule has 0 saturated carbocycles. The van der Waals surface area contributed by atoms with E-state index in [1.54, 1.807) is 35.0 Å². The molecule has 0 radical (unpaired) electrons. The number of likely N-dealkylation sites (N-methyl/N-ethyl adjacent to an activating group) is 2. The van der Waals surface area contributed by atoms with Crippen molar-refractivity contribution in [1.82, 2.24) is 25.3 Å². The quantitative estimate of drug-likeness (QED) is 0.521. The van der Waals surface area contributed by atoms with Crippen LogP contribution in [-0.2, 0) is 20.8 Å². The van der Waals surface area contributed by atoms with Gasteiger partial charge in [-0.2, -0.15) is 0 Å². The maximum Gasteiger partial charge on any atom is 0.255 e. The highest BCUT2D eigenvalue weighted by Gasteiger charge is 2.32. The highest BCUT2D eigenvalue weighted by atomic mass is 16.5. The summed E-state index contributed by atoms with van der Waals surface area (Å²) >= 11 is 0. The first kappa shape index (κ1) is 35.9. The molecule has 1 fully saturated rings. The Morgan fingerprint density at radius 3 is 2.06 bits per heavy atom. The van der Waals surface area contributed by atoms with Gasteiger partial charge in [0.05, 0.1) is 18.6 Å². The number of hydrogen-bond acceptors (Lipinski definition) is 6. The van der Waals surface area contributed by atoms with Crippen LogP contribution in [0.3, 0.4) is 0 Å². The Morgan fingerprint density at radius 2 is 1.36 bits per heavy atom. The molecule has 256 valence electrons. The van der Waals surface area contributed by atoms with Crippen LogP contribution in [0.15, 0.2) is 54.6 Å². The van der Waals surface area contributed by atoms with Crippen molar-refractivity contribution < 1.29 is 23.9 Å². The summed E-state index contributed by atoms with van der Waals surface area (Å²) in [6.07, 6.45) is 9.77. The first-order valence-corrected chi connectivity index (χ1v) is 17.4. The summed E-state index contributed by atoms with van der Waals surface area (Å²) in [5.74, 6) is -0.972. The van der Waals surface area contributed by atoms with E-state index < -0.39 is 23.9 Å². The number of ether oxygens (including phenoxy) is 1. The van der Waals surface area contributed by atoms with Crippen LogP contribution < -0.4 is 15.4 Å². The highest BCUT2D eigenvalue weighted by molar-refractivity contribution is 6.01. The fourth-order valence-corrected chi connectivity index (χ4v) is 6.20. The predicted molar refractivity (Wildman–Crippen MR) is 183 cm³/mol. The average Bonchev–Trinajstić information content (AvgIpc) is 3.08. The second-order valence-electron chi connectivity index (χ2n) is 13.0. The van der Waals surface area contributed by atoms with Gasteiger partial charge in [0.1, 0.15) is 17.8 Å². The Hall–Kier alpha value is -3.92. The smallest absolute Gasteiger partial charge is 0.255 e. The zero-order chi connectivity index (χ0) is 33.4. The van der Waals surface area contributed by atoms with Gasteiger partial charge in [-0.05, 0) is 37.6 Å². The van der Waals surface area contributed by atoms with Crippen molar-refractivity contribution in [3.8, 4) is 5.75 Å². The van der Waals surface area contributed by atoms with Gasteiger partial charge in [-0.25, -0.2) is 0 Å². The van der Waals surface area contributed by atoms with E-state index >= 15 is 0 Å². The van der Waals surface area contributed by atoms with Crippen LogP contribution in [0.5, 0.6) is 5.75 Å². The molecule has 4 rings (SSSR count). The molecule has 2 aliphatic heterocycles. The van der Waals surface area contributed by atoms with Crippen LogP contribution in [0.25, 0.3) is 0 Å². The van der Waals surface area contributed by atoms with E-state index in [-0.39, 0.29) is 18.2 Å². The number of amides is 4. The van der Waals surface area contributed by atoms with Crippen LogP contribution in [0.1, 0.15) is 80.1 Å². The Morgan fingerprint density at radius 1 is 0.745 bits per heavy atom. The Balaban J connectivity index is 1.57. The van der Waals surface area contributed by atoms with E-state index in [1.165, 1.54) is 19.3 Å². The molecule has 0 spiro atoms. The molecule has 0 unspecified atom stereocenters. The molecule has 2 aliphatic rings. The second-order valence-corrected chi connectivity index (χ2v) is 13.0. The minimum Gasteiger partial charge on any atom is -0.493 e. The number of para-hydroxylation sites is 1. The third kappa shape index (κ3) is 11.7. The van der Waals surface area contributed by atoms with Crippen LogP contribution in [-0.4, -0.2) is 104 Å².